The quantitative estimate of drug-likeness (QED) is 0.0622. The number of hydrogen-bond donors (Lipinski definition) is 3. The largest absolute Gasteiger partial charge is 0.465 e. The van der Waals surface area contributed by atoms with Crippen LogP contribution in [0.5, 0.6) is 0 Å². The van der Waals surface area contributed by atoms with E-state index >= 15 is 0 Å². The van der Waals surface area contributed by atoms with Crippen LogP contribution in [0.3, 0.4) is 0 Å². The molecule has 0 aliphatic heterocycles. The lowest BCUT2D eigenvalue weighted by atomic mass is 9.90. The molecule has 0 spiro atoms. The Kier molecular flexibility index (Phi) is 26.7. The summed E-state index contributed by atoms with van der Waals surface area (Å²) in [7, 11) is 2.72. The smallest absolute Gasteiger partial charge is 0.339 e. The van der Waals surface area contributed by atoms with Gasteiger partial charge in [0.1, 0.15) is 29.5 Å². The fraction of sp³-hybridized carbons (Fsp3) is 0.300. The minimum absolute atomic E-state index is 0.117. The number of rotatable bonds is 11. The number of aliphatic hydroxyl groups excluding tert-OH is 1. The van der Waals surface area contributed by atoms with Crippen LogP contribution < -0.4 is 11.1 Å². The third-order valence-electron chi connectivity index (χ3n) is 12.5. The molecule has 0 bridgehead atoms. The number of halogens is 3. The summed E-state index contributed by atoms with van der Waals surface area (Å²) in [5.41, 5.74) is 18.0. The number of carbonyl (C=O) groups excluding carboxylic acids is 5. The number of aldehydes is 1. The first-order valence-electron chi connectivity index (χ1n) is 25.3. The maximum atomic E-state index is 14.2. The van der Waals surface area contributed by atoms with E-state index in [9.17, 15) is 32.8 Å². The molecule has 9 rings (SSSR count). The zero-order valence-electron chi connectivity index (χ0n) is 44.8. The fourth-order valence-corrected chi connectivity index (χ4v) is 8.41. The highest BCUT2D eigenvalue weighted by molar-refractivity contribution is 9.10. The molecule has 2 aromatic carbocycles. The van der Waals surface area contributed by atoms with E-state index in [1.807, 2.05) is 38.2 Å². The minimum atomic E-state index is -0.423. The van der Waals surface area contributed by atoms with Crippen molar-refractivity contribution in [1.29, 1.82) is 0 Å². The molecule has 0 amide bonds. The zero-order chi connectivity index (χ0) is 57.0. The molecule has 7 aromatic rings. The Morgan fingerprint density at radius 2 is 1.06 bits per heavy atom. The van der Waals surface area contributed by atoms with Crippen LogP contribution in [0.4, 0.5) is 20.2 Å². The number of anilines is 2. The number of aryl methyl sites for hydroxylation is 6. The van der Waals surface area contributed by atoms with E-state index in [4.69, 9.17) is 10.8 Å². The van der Waals surface area contributed by atoms with E-state index in [1.54, 1.807) is 73.8 Å². The van der Waals surface area contributed by atoms with Crippen molar-refractivity contribution >= 4 is 57.1 Å². The number of aromatic nitrogens is 5. The van der Waals surface area contributed by atoms with Gasteiger partial charge in [-0.25, -0.2) is 18.4 Å². The van der Waals surface area contributed by atoms with Crippen molar-refractivity contribution in [1.82, 2.24) is 24.9 Å². The van der Waals surface area contributed by atoms with Crippen LogP contribution >= 0.6 is 15.9 Å². The Balaban J connectivity index is 0.000000208. The third-order valence-corrected chi connectivity index (χ3v) is 13.1. The molecule has 5 heterocycles. The second kappa shape index (κ2) is 33.3. The van der Waals surface area contributed by atoms with E-state index in [1.165, 1.54) is 38.1 Å². The lowest BCUT2D eigenvalue weighted by Crippen LogP contribution is -2.14. The van der Waals surface area contributed by atoms with Gasteiger partial charge in [-0.1, -0.05) is 27.7 Å². The number of aliphatic hydroxyl groups is 1. The van der Waals surface area contributed by atoms with E-state index in [-0.39, 0.29) is 41.6 Å². The van der Waals surface area contributed by atoms with Crippen LogP contribution in [0.15, 0.2) is 121 Å². The SMILES string of the molecule is CCc1cnccc1C(=O)OC.CCc1cnccc1C=O.CCc1cnccc1CNc1cc2c(cc1F)CC(=O)CC2.CCc1cnccc1CO.COC(=O)c1ccncc1Br.Nc1cc2c(cc1F)CC(=O)CC2. The highest BCUT2D eigenvalue weighted by atomic mass is 79.9. The van der Waals surface area contributed by atoms with Crippen molar-refractivity contribution in [3.8, 4) is 0 Å². The Morgan fingerprint density at radius 3 is 1.58 bits per heavy atom. The maximum absolute atomic E-state index is 14.2. The standard InChI is InChI=1S/C18H19FN2O.C10H10FNO.C9H11NO2.C8H11NO.C8H9NO.C7H6BrNO2/c1-2-12-10-20-6-5-14(12)11-21-18-9-13-3-4-16(22)7-15(13)8-17(18)19;11-9-4-7-3-8(13)2-1-6(7)5-10(9)12;1-3-7-6-10-5-4-8(7)9(11)12-2;2*1-2-7-5-9-4-3-8(7)6-10;1-11-7(10)5-2-3-9-4-6(5)8/h5-6,8-10,21H,2-4,7,11H2,1H3;4-5H,1-3,12H2;4-6H,3H2,1-2H3;3-5,10H,2,6H2,1H3;3-6H,2H2,1H3;2-4H,1H3. The van der Waals surface area contributed by atoms with Gasteiger partial charge in [0.05, 0.1) is 47.8 Å². The normalized spacial score (nSPS) is 11.7. The molecule has 2 aliphatic carbocycles. The number of esters is 2. The summed E-state index contributed by atoms with van der Waals surface area (Å²) in [6.45, 7) is 8.80. The topological polar surface area (TPSA) is 227 Å². The Bertz CT molecular complexity index is 3100. The molecule has 0 fully saturated rings. The predicted molar refractivity (Wildman–Crippen MR) is 299 cm³/mol. The van der Waals surface area contributed by atoms with Crippen LogP contribution in [0.1, 0.15) is 127 Å². The predicted octanol–water partition coefficient (Wildman–Crippen LogP) is 10.6. The van der Waals surface area contributed by atoms with Crippen LogP contribution in [0.2, 0.25) is 0 Å². The molecule has 2 aliphatic rings. The van der Waals surface area contributed by atoms with Crippen molar-refractivity contribution in [3.05, 3.63) is 205 Å². The lowest BCUT2D eigenvalue weighted by molar-refractivity contribution is -0.119. The average Bonchev–Trinajstić information content (AvgIpc) is 3.48. The summed E-state index contributed by atoms with van der Waals surface area (Å²) < 4.78 is 37.0. The summed E-state index contributed by atoms with van der Waals surface area (Å²) in [6, 6.07) is 15.2. The molecular weight excluding hydrogens is 1060 g/mol. The number of fused-ring (bicyclic) bond motifs is 2. The number of benzene rings is 2. The van der Waals surface area contributed by atoms with Gasteiger partial charge in [0.15, 0.2) is 0 Å². The van der Waals surface area contributed by atoms with Gasteiger partial charge in [0.25, 0.3) is 0 Å². The van der Waals surface area contributed by atoms with Gasteiger partial charge < -0.3 is 25.6 Å². The lowest BCUT2D eigenvalue weighted by Gasteiger charge is -2.18. The van der Waals surface area contributed by atoms with Gasteiger partial charge >= 0.3 is 11.9 Å². The number of carbonyl (C=O) groups is 5. The van der Waals surface area contributed by atoms with Gasteiger partial charge in [-0.3, -0.25) is 39.3 Å². The van der Waals surface area contributed by atoms with Crippen LogP contribution in [-0.2, 0) is 83.6 Å². The van der Waals surface area contributed by atoms with Gasteiger partial charge in [-0.05, 0) is 165 Å². The number of pyridine rings is 5. The molecule has 0 unspecified atom stereocenters. The third kappa shape index (κ3) is 19.2. The second-order valence-electron chi connectivity index (χ2n) is 17.5. The number of Topliss-reactive ketones (excluding diaryl/α,β-unsaturated/α-hetero) is 2. The Labute approximate surface area is 462 Å². The Hall–Kier alpha value is -7.96. The van der Waals surface area contributed by atoms with Gasteiger partial charge in [-0.15, -0.1) is 0 Å². The summed E-state index contributed by atoms with van der Waals surface area (Å²) in [4.78, 5) is 74.7. The van der Waals surface area contributed by atoms with Gasteiger partial charge in [0, 0.05) is 99.8 Å². The molecule has 0 saturated heterocycles. The van der Waals surface area contributed by atoms with Crippen LogP contribution in [0, 0.1) is 11.6 Å². The maximum Gasteiger partial charge on any atom is 0.339 e. The monoisotopic (exact) mass is 1130 g/mol. The first-order chi connectivity index (χ1) is 37.6. The van der Waals surface area contributed by atoms with Crippen LogP contribution in [0.25, 0.3) is 0 Å². The number of nitrogens with zero attached hydrogens (tertiary/aromatic N) is 5. The molecule has 15 nitrogen and oxygen atoms in total. The number of ketones is 2. The molecule has 0 atom stereocenters. The van der Waals surface area contributed by atoms with Gasteiger partial charge in [-0.2, -0.15) is 0 Å². The van der Waals surface area contributed by atoms with Crippen molar-refractivity contribution in [2.75, 3.05) is 25.3 Å². The summed E-state index contributed by atoms with van der Waals surface area (Å²) in [5.74, 6) is -1.00. The molecule has 0 radical (unpaired) electrons. The molecule has 78 heavy (non-hydrogen) atoms. The van der Waals surface area contributed by atoms with Gasteiger partial charge in [0.2, 0.25) is 0 Å². The van der Waals surface area contributed by atoms with E-state index < -0.39 is 5.82 Å². The number of nitrogens with two attached hydrogens (primary N) is 1. The Morgan fingerprint density at radius 1 is 0.603 bits per heavy atom. The van der Waals surface area contributed by atoms with Crippen molar-refractivity contribution in [3.63, 3.8) is 0 Å². The van der Waals surface area contributed by atoms with Crippen molar-refractivity contribution < 1.29 is 47.3 Å². The van der Waals surface area contributed by atoms with E-state index in [0.717, 1.165) is 87.6 Å². The van der Waals surface area contributed by atoms with E-state index in [2.05, 4.69) is 69.5 Å². The molecule has 5 aromatic heterocycles. The molecular formula is C60H66BrF2N7O8. The average molecular weight is 1130 g/mol. The molecule has 4 N–H and O–H groups in total. The number of methoxy groups -OCH3 is 2. The van der Waals surface area contributed by atoms with E-state index in [0.29, 0.717) is 66.4 Å². The minimum Gasteiger partial charge on any atom is -0.465 e. The summed E-state index contributed by atoms with van der Waals surface area (Å²) in [5, 5.41) is 12.0. The molecule has 410 valence electrons. The number of hydrogen-bond acceptors (Lipinski definition) is 15. The number of nitrogen functional groups attached to an aromatic ring is 1. The fourth-order valence-electron chi connectivity index (χ4n) is 8.00. The second-order valence-corrected chi connectivity index (χ2v) is 18.3. The molecule has 18 heteroatoms. The first-order valence-corrected chi connectivity index (χ1v) is 26.1. The molecule has 0 saturated carbocycles. The highest BCUT2D eigenvalue weighted by Gasteiger charge is 2.19. The summed E-state index contributed by atoms with van der Waals surface area (Å²) in [6.07, 6.45) is 24.4. The highest BCUT2D eigenvalue weighted by Crippen LogP contribution is 2.27. The first kappa shape index (κ1) is 62.6. The zero-order valence-corrected chi connectivity index (χ0v) is 46.4. The number of nitrogens with one attached hydrogen (secondary N) is 1. The van der Waals surface area contributed by atoms with Crippen molar-refractivity contribution in [2.45, 2.75) is 105 Å². The number of ether oxygens (including phenoxy) is 2. The van der Waals surface area contributed by atoms with Crippen molar-refractivity contribution in [2.24, 2.45) is 0 Å². The van der Waals surface area contributed by atoms with Crippen LogP contribution in [-0.4, -0.2) is 74.0 Å². The summed E-state index contributed by atoms with van der Waals surface area (Å²) >= 11 is 3.17.